The molecule has 0 saturated carbocycles. The molecule has 0 saturated heterocycles. The molecule has 0 fully saturated rings. The third-order valence-electron chi connectivity index (χ3n) is 2.66. The standard InChI is InChI=1S/C12H23N3O4/c1-5-6-7-9(11(17)18)13-12(19)15(4)8-10(16)14(2)3/h9H,5-8H2,1-4H3,(H,13,19)(H,17,18). The highest BCUT2D eigenvalue weighted by Crippen LogP contribution is 2.02. The predicted octanol–water partition coefficient (Wildman–Crippen LogP) is 0.359. The maximum absolute atomic E-state index is 11.8. The normalized spacial score (nSPS) is 11.6. The molecule has 0 radical (unpaired) electrons. The van der Waals surface area contributed by atoms with Crippen molar-refractivity contribution in [3.8, 4) is 0 Å². The van der Waals surface area contributed by atoms with Crippen LogP contribution in [0.25, 0.3) is 0 Å². The summed E-state index contributed by atoms with van der Waals surface area (Å²) >= 11 is 0. The first-order chi connectivity index (χ1) is 8.79. The van der Waals surface area contributed by atoms with E-state index in [2.05, 4.69) is 5.32 Å². The summed E-state index contributed by atoms with van der Waals surface area (Å²) in [6, 6.07) is -1.47. The summed E-state index contributed by atoms with van der Waals surface area (Å²) in [4.78, 5) is 36.7. The number of likely N-dealkylation sites (N-methyl/N-ethyl adjacent to an activating group) is 2. The van der Waals surface area contributed by atoms with Crippen LogP contribution >= 0.6 is 0 Å². The van der Waals surface area contributed by atoms with Gasteiger partial charge in [0, 0.05) is 21.1 Å². The van der Waals surface area contributed by atoms with Crippen LogP contribution in [-0.2, 0) is 9.59 Å². The van der Waals surface area contributed by atoms with E-state index in [4.69, 9.17) is 5.11 Å². The van der Waals surface area contributed by atoms with Crippen LogP contribution in [0.3, 0.4) is 0 Å². The largest absolute Gasteiger partial charge is 0.480 e. The molecule has 0 aromatic rings. The Hall–Kier alpha value is -1.79. The van der Waals surface area contributed by atoms with Gasteiger partial charge in [-0.2, -0.15) is 0 Å². The Morgan fingerprint density at radius 2 is 1.79 bits per heavy atom. The van der Waals surface area contributed by atoms with Crippen LogP contribution in [0.4, 0.5) is 4.79 Å². The molecule has 0 aliphatic carbocycles. The zero-order valence-electron chi connectivity index (χ0n) is 12.0. The minimum absolute atomic E-state index is 0.0844. The summed E-state index contributed by atoms with van der Waals surface area (Å²) < 4.78 is 0. The molecule has 1 unspecified atom stereocenters. The van der Waals surface area contributed by atoms with Gasteiger partial charge < -0.3 is 20.2 Å². The molecule has 0 heterocycles. The summed E-state index contributed by atoms with van der Waals surface area (Å²) in [5.41, 5.74) is 0. The number of nitrogens with zero attached hydrogens (tertiary/aromatic N) is 2. The maximum atomic E-state index is 11.8. The van der Waals surface area contributed by atoms with Gasteiger partial charge >= 0.3 is 12.0 Å². The van der Waals surface area contributed by atoms with Crippen LogP contribution in [0, 0.1) is 0 Å². The van der Waals surface area contributed by atoms with Crippen molar-refractivity contribution < 1.29 is 19.5 Å². The minimum Gasteiger partial charge on any atom is -0.480 e. The lowest BCUT2D eigenvalue weighted by atomic mass is 10.1. The summed E-state index contributed by atoms with van der Waals surface area (Å²) in [6.07, 6.45) is 1.96. The molecule has 0 aromatic heterocycles. The van der Waals surface area contributed by atoms with Crippen molar-refractivity contribution in [1.82, 2.24) is 15.1 Å². The molecule has 0 rings (SSSR count). The number of aliphatic carboxylic acids is 1. The minimum atomic E-state index is -1.06. The SMILES string of the molecule is CCCCC(NC(=O)N(C)CC(=O)N(C)C)C(=O)O. The molecular formula is C12H23N3O4. The summed E-state index contributed by atoms with van der Waals surface area (Å²) in [7, 11) is 4.64. The van der Waals surface area contributed by atoms with Crippen LogP contribution in [0.5, 0.6) is 0 Å². The van der Waals surface area contributed by atoms with Crippen LogP contribution in [0.2, 0.25) is 0 Å². The van der Waals surface area contributed by atoms with Crippen molar-refractivity contribution in [2.24, 2.45) is 0 Å². The topological polar surface area (TPSA) is 90.0 Å². The van der Waals surface area contributed by atoms with E-state index < -0.39 is 18.0 Å². The highest BCUT2D eigenvalue weighted by atomic mass is 16.4. The van der Waals surface area contributed by atoms with Gasteiger partial charge in [0.25, 0.3) is 0 Å². The van der Waals surface area contributed by atoms with Gasteiger partial charge in [0.1, 0.15) is 12.6 Å². The molecule has 2 N–H and O–H groups in total. The van der Waals surface area contributed by atoms with Gasteiger partial charge in [-0.25, -0.2) is 9.59 Å². The number of carboxylic acid groups (broad SMARTS) is 1. The Kier molecular flexibility index (Phi) is 7.55. The average Bonchev–Trinajstić information content (AvgIpc) is 2.33. The van der Waals surface area contributed by atoms with Crippen LogP contribution < -0.4 is 5.32 Å². The number of carbonyl (C=O) groups is 3. The average molecular weight is 273 g/mol. The molecule has 0 spiro atoms. The van der Waals surface area contributed by atoms with Crippen molar-refractivity contribution in [2.75, 3.05) is 27.7 Å². The fourth-order valence-electron chi connectivity index (χ4n) is 1.34. The molecule has 0 aliphatic rings. The number of rotatable bonds is 7. The second kappa shape index (κ2) is 8.34. The number of unbranched alkanes of at least 4 members (excludes halogenated alkanes) is 1. The number of nitrogens with one attached hydrogen (secondary N) is 1. The monoisotopic (exact) mass is 273 g/mol. The van der Waals surface area contributed by atoms with Gasteiger partial charge in [-0.05, 0) is 6.42 Å². The highest BCUT2D eigenvalue weighted by Gasteiger charge is 2.22. The molecular weight excluding hydrogens is 250 g/mol. The fourth-order valence-corrected chi connectivity index (χ4v) is 1.34. The molecule has 0 aromatic carbocycles. The van der Waals surface area contributed by atoms with Gasteiger partial charge in [0.05, 0.1) is 0 Å². The molecule has 3 amide bonds. The third-order valence-corrected chi connectivity index (χ3v) is 2.66. The van der Waals surface area contributed by atoms with Gasteiger partial charge in [0.2, 0.25) is 5.91 Å². The van der Waals surface area contributed by atoms with Crippen LogP contribution in [0.1, 0.15) is 26.2 Å². The number of hydrogen-bond donors (Lipinski definition) is 2. The van der Waals surface area contributed by atoms with Crippen molar-refractivity contribution >= 4 is 17.9 Å². The molecule has 0 bridgehead atoms. The molecule has 7 nitrogen and oxygen atoms in total. The third kappa shape index (κ3) is 6.64. The maximum Gasteiger partial charge on any atom is 0.326 e. The first kappa shape index (κ1) is 17.2. The van der Waals surface area contributed by atoms with Crippen molar-refractivity contribution in [3.63, 3.8) is 0 Å². The highest BCUT2D eigenvalue weighted by molar-refractivity contribution is 5.86. The van der Waals surface area contributed by atoms with Gasteiger partial charge in [-0.1, -0.05) is 19.8 Å². The number of urea groups is 1. The number of carboxylic acids is 1. The fraction of sp³-hybridized carbons (Fsp3) is 0.750. The van der Waals surface area contributed by atoms with Crippen molar-refractivity contribution in [1.29, 1.82) is 0 Å². The second-order valence-electron chi connectivity index (χ2n) is 4.63. The first-order valence-corrected chi connectivity index (χ1v) is 6.24. The van der Waals surface area contributed by atoms with Crippen molar-refractivity contribution in [2.45, 2.75) is 32.2 Å². The van der Waals surface area contributed by atoms with Crippen LogP contribution in [-0.4, -0.2) is 66.5 Å². The molecule has 19 heavy (non-hydrogen) atoms. The van der Waals surface area contributed by atoms with E-state index in [0.717, 1.165) is 12.8 Å². The Morgan fingerprint density at radius 1 is 1.21 bits per heavy atom. The van der Waals surface area contributed by atoms with E-state index >= 15 is 0 Å². The van der Waals surface area contributed by atoms with Gasteiger partial charge in [0.15, 0.2) is 0 Å². The number of carbonyl (C=O) groups excluding carboxylic acids is 2. The quantitative estimate of drug-likeness (QED) is 0.700. The summed E-state index contributed by atoms with van der Waals surface area (Å²) in [5, 5.41) is 11.4. The first-order valence-electron chi connectivity index (χ1n) is 6.24. The molecule has 1 atom stereocenters. The zero-order valence-corrected chi connectivity index (χ0v) is 12.0. The Morgan fingerprint density at radius 3 is 2.21 bits per heavy atom. The lowest BCUT2D eigenvalue weighted by Crippen LogP contribution is -2.49. The second-order valence-corrected chi connectivity index (χ2v) is 4.63. The number of amides is 3. The van der Waals surface area contributed by atoms with Gasteiger partial charge in [-0.3, -0.25) is 4.79 Å². The van der Waals surface area contributed by atoms with E-state index in [9.17, 15) is 14.4 Å². The Balaban J connectivity index is 4.38. The van der Waals surface area contributed by atoms with Crippen LogP contribution in [0.15, 0.2) is 0 Å². The summed E-state index contributed by atoms with van der Waals surface area (Å²) in [5.74, 6) is -1.28. The smallest absolute Gasteiger partial charge is 0.326 e. The lowest BCUT2D eigenvalue weighted by Gasteiger charge is -2.22. The van der Waals surface area contributed by atoms with Crippen molar-refractivity contribution in [3.05, 3.63) is 0 Å². The van der Waals surface area contributed by atoms with E-state index in [0.29, 0.717) is 6.42 Å². The Bertz CT molecular complexity index is 331. The number of hydrogen-bond acceptors (Lipinski definition) is 3. The molecule has 110 valence electrons. The van der Waals surface area contributed by atoms with Gasteiger partial charge in [-0.15, -0.1) is 0 Å². The lowest BCUT2D eigenvalue weighted by molar-refractivity contribution is -0.139. The Labute approximate surface area is 113 Å². The molecule has 0 aliphatic heterocycles. The van der Waals surface area contributed by atoms with E-state index in [1.165, 1.54) is 16.8 Å². The van der Waals surface area contributed by atoms with E-state index in [1.54, 1.807) is 14.1 Å². The van der Waals surface area contributed by atoms with E-state index in [-0.39, 0.29) is 12.5 Å². The zero-order chi connectivity index (χ0) is 15.0. The predicted molar refractivity (Wildman–Crippen MR) is 70.8 cm³/mol. The van der Waals surface area contributed by atoms with E-state index in [1.807, 2.05) is 6.92 Å². The summed E-state index contributed by atoms with van der Waals surface area (Å²) in [6.45, 7) is 1.86. The molecule has 7 heteroatoms.